The van der Waals surface area contributed by atoms with E-state index >= 15 is 0 Å². The van der Waals surface area contributed by atoms with Crippen LogP contribution >= 0.6 is 15.9 Å². The van der Waals surface area contributed by atoms with Crippen molar-refractivity contribution >= 4 is 43.5 Å². The smallest absolute Gasteiger partial charge is 0.244 e. The van der Waals surface area contributed by atoms with E-state index in [0.717, 1.165) is 51.8 Å². The van der Waals surface area contributed by atoms with Crippen molar-refractivity contribution < 1.29 is 27.5 Å². The number of methoxy groups -OCH3 is 2. The van der Waals surface area contributed by atoms with Crippen LogP contribution in [0.3, 0.4) is 0 Å². The molecule has 43 heavy (non-hydrogen) atoms. The van der Waals surface area contributed by atoms with Gasteiger partial charge in [0, 0.05) is 29.5 Å². The number of hydrogen-bond acceptors (Lipinski definition) is 6. The van der Waals surface area contributed by atoms with Crippen LogP contribution in [0.25, 0.3) is 0 Å². The molecule has 3 aromatic rings. The number of ether oxygens (including phenoxy) is 2. The Morgan fingerprint density at radius 1 is 0.930 bits per heavy atom. The summed E-state index contributed by atoms with van der Waals surface area (Å²) in [5, 5.41) is 3.17. The lowest BCUT2D eigenvalue weighted by molar-refractivity contribution is -0.140. The molecule has 4 rings (SSSR count). The van der Waals surface area contributed by atoms with Crippen LogP contribution in [-0.4, -0.2) is 64.2 Å². The first-order valence-electron chi connectivity index (χ1n) is 14.2. The topological polar surface area (TPSA) is 105 Å². The molecule has 0 radical (unpaired) electrons. The molecule has 9 nitrogen and oxygen atoms in total. The number of rotatable bonds is 13. The van der Waals surface area contributed by atoms with Crippen molar-refractivity contribution in [1.82, 2.24) is 10.2 Å². The first kappa shape index (κ1) is 32.3. The molecule has 0 spiro atoms. The summed E-state index contributed by atoms with van der Waals surface area (Å²) in [7, 11) is -0.972. The molecule has 1 aliphatic rings. The molecule has 1 N–H and O–H groups in total. The van der Waals surface area contributed by atoms with Gasteiger partial charge in [-0.25, -0.2) is 8.42 Å². The van der Waals surface area contributed by atoms with Crippen LogP contribution in [0.4, 0.5) is 5.69 Å². The van der Waals surface area contributed by atoms with Gasteiger partial charge in [-0.05, 0) is 48.2 Å². The van der Waals surface area contributed by atoms with Gasteiger partial charge >= 0.3 is 0 Å². The van der Waals surface area contributed by atoms with Crippen molar-refractivity contribution in [1.29, 1.82) is 0 Å². The van der Waals surface area contributed by atoms with Crippen molar-refractivity contribution in [2.45, 2.75) is 50.7 Å². The Labute approximate surface area is 262 Å². The first-order chi connectivity index (χ1) is 20.6. The molecule has 11 heteroatoms. The summed E-state index contributed by atoms with van der Waals surface area (Å²) in [6.45, 7) is -0.391. The quantitative estimate of drug-likeness (QED) is 0.276. The van der Waals surface area contributed by atoms with Gasteiger partial charge in [0.1, 0.15) is 12.6 Å². The SMILES string of the molecule is COc1ccc(N(CC(=O)N(Cc2ccc(Br)cc2)[C@H](Cc2ccccc2)C(=O)NC2CCCC2)S(C)(=O)=O)cc1OC. The normalized spacial score (nSPS) is 14.1. The monoisotopic (exact) mass is 671 g/mol. The van der Waals surface area contributed by atoms with Crippen LogP contribution in [0, 0.1) is 0 Å². The second kappa shape index (κ2) is 14.7. The maximum atomic E-state index is 14.3. The standard InChI is InChI=1S/C32H38BrN3O6S/c1-41-29-18-17-27(20-30(29)42-2)36(43(3,39)40)22-31(37)35(21-24-13-15-25(33)16-14-24)28(19-23-9-5-4-6-10-23)32(38)34-26-11-7-8-12-26/h4-6,9-10,13-18,20,26,28H,7-8,11-12,19,21-22H2,1-3H3,(H,34,38)/t28-/m1/s1. The van der Waals surface area contributed by atoms with Crippen LogP contribution in [0.5, 0.6) is 11.5 Å². The molecule has 0 aliphatic heterocycles. The van der Waals surface area contributed by atoms with Gasteiger partial charge in [0.15, 0.2) is 11.5 Å². The number of sulfonamides is 1. The summed E-state index contributed by atoms with van der Waals surface area (Å²) in [6.07, 6.45) is 5.20. The summed E-state index contributed by atoms with van der Waals surface area (Å²) in [4.78, 5) is 29.7. The molecular formula is C32H38BrN3O6S. The Balaban J connectivity index is 1.73. The molecule has 0 aromatic heterocycles. The predicted molar refractivity (Wildman–Crippen MR) is 171 cm³/mol. The van der Waals surface area contributed by atoms with Crippen molar-refractivity contribution in [3.05, 3.63) is 88.4 Å². The van der Waals surface area contributed by atoms with Gasteiger partial charge in [-0.3, -0.25) is 13.9 Å². The van der Waals surface area contributed by atoms with Gasteiger partial charge in [0.2, 0.25) is 21.8 Å². The Morgan fingerprint density at radius 2 is 1.58 bits per heavy atom. The van der Waals surface area contributed by atoms with E-state index < -0.39 is 28.5 Å². The second-order valence-corrected chi connectivity index (χ2v) is 13.5. The maximum Gasteiger partial charge on any atom is 0.244 e. The summed E-state index contributed by atoms with van der Waals surface area (Å²) < 4.78 is 38.7. The van der Waals surface area contributed by atoms with Crippen LogP contribution in [0.15, 0.2) is 77.3 Å². The number of amides is 2. The lowest BCUT2D eigenvalue weighted by Gasteiger charge is -2.34. The van der Waals surface area contributed by atoms with Gasteiger partial charge in [0.25, 0.3) is 0 Å². The molecule has 0 heterocycles. The molecule has 0 saturated heterocycles. The van der Waals surface area contributed by atoms with E-state index in [1.54, 1.807) is 12.1 Å². The summed E-state index contributed by atoms with van der Waals surface area (Å²) in [5.41, 5.74) is 1.94. The highest BCUT2D eigenvalue weighted by Crippen LogP contribution is 2.32. The number of halogens is 1. The fraction of sp³-hybridized carbons (Fsp3) is 0.375. The number of nitrogens with one attached hydrogen (secondary N) is 1. The molecule has 1 fully saturated rings. The fourth-order valence-corrected chi connectivity index (χ4v) is 6.41. The third kappa shape index (κ3) is 8.73. The summed E-state index contributed by atoms with van der Waals surface area (Å²) >= 11 is 3.45. The molecule has 3 aromatic carbocycles. The molecule has 1 saturated carbocycles. The van der Waals surface area contributed by atoms with Gasteiger partial charge < -0.3 is 19.7 Å². The lowest BCUT2D eigenvalue weighted by Crippen LogP contribution is -2.54. The Bertz CT molecular complexity index is 1500. The molecule has 1 aliphatic carbocycles. The molecule has 230 valence electrons. The fourth-order valence-electron chi connectivity index (χ4n) is 5.30. The van der Waals surface area contributed by atoms with Gasteiger partial charge in [-0.1, -0.05) is 71.2 Å². The number of carbonyl (C=O) groups excluding carboxylic acids is 2. The van der Waals surface area contributed by atoms with Crippen molar-refractivity contribution in [3.63, 3.8) is 0 Å². The molecule has 0 bridgehead atoms. The predicted octanol–water partition coefficient (Wildman–Crippen LogP) is 4.93. The Kier molecular flexibility index (Phi) is 11.1. The van der Waals surface area contributed by atoms with E-state index in [-0.39, 0.29) is 30.6 Å². The van der Waals surface area contributed by atoms with Crippen molar-refractivity contribution in [2.24, 2.45) is 0 Å². The van der Waals surface area contributed by atoms with E-state index in [4.69, 9.17) is 9.47 Å². The van der Waals surface area contributed by atoms with E-state index in [0.29, 0.717) is 11.5 Å². The number of carbonyl (C=O) groups is 2. The molecule has 0 unspecified atom stereocenters. The second-order valence-electron chi connectivity index (χ2n) is 10.7. The van der Waals surface area contributed by atoms with E-state index in [9.17, 15) is 18.0 Å². The number of hydrogen-bond donors (Lipinski definition) is 1. The highest BCUT2D eigenvalue weighted by molar-refractivity contribution is 9.10. The highest BCUT2D eigenvalue weighted by atomic mass is 79.9. The van der Waals surface area contributed by atoms with Gasteiger partial charge in [-0.15, -0.1) is 0 Å². The highest BCUT2D eigenvalue weighted by Gasteiger charge is 2.34. The van der Waals surface area contributed by atoms with Gasteiger partial charge in [-0.2, -0.15) is 0 Å². The molecule has 1 atom stereocenters. The number of nitrogens with zero attached hydrogens (tertiary/aromatic N) is 2. The van der Waals surface area contributed by atoms with Gasteiger partial charge in [0.05, 0.1) is 26.2 Å². The van der Waals surface area contributed by atoms with Crippen LogP contribution < -0.4 is 19.1 Å². The average molecular weight is 673 g/mol. The van der Waals surface area contributed by atoms with Crippen LogP contribution in [0.1, 0.15) is 36.8 Å². The minimum absolute atomic E-state index is 0.0506. The zero-order chi connectivity index (χ0) is 31.0. The van der Waals surface area contributed by atoms with Crippen molar-refractivity contribution in [3.8, 4) is 11.5 Å². The van der Waals surface area contributed by atoms with E-state index in [1.165, 1.54) is 25.2 Å². The summed E-state index contributed by atoms with van der Waals surface area (Å²) in [6, 6.07) is 20.9. The third-order valence-electron chi connectivity index (χ3n) is 7.57. The largest absolute Gasteiger partial charge is 0.493 e. The average Bonchev–Trinajstić information content (AvgIpc) is 3.51. The maximum absolute atomic E-state index is 14.3. The van der Waals surface area contributed by atoms with Crippen molar-refractivity contribution in [2.75, 3.05) is 31.3 Å². The summed E-state index contributed by atoms with van der Waals surface area (Å²) in [5.74, 6) is -0.0102. The first-order valence-corrected chi connectivity index (χ1v) is 16.8. The third-order valence-corrected chi connectivity index (χ3v) is 9.24. The Hall–Kier alpha value is -3.57. The van der Waals surface area contributed by atoms with Crippen LogP contribution in [0.2, 0.25) is 0 Å². The minimum atomic E-state index is -3.91. The number of benzene rings is 3. The minimum Gasteiger partial charge on any atom is -0.493 e. The number of anilines is 1. The van der Waals surface area contributed by atoms with E-state index in [1.807, 2.05) is 54.6 Å². The molecule has 2 amide bonds. The lowest BCUT2D eigenvalue weighted by atomic mass is 10.0. The van der Waals surface area contributed by atoms with Crippen LogP contribution in [-0.2, 0) is 32.6 Å². The zero-order valence-electron chi connectivity index (χ0n) is 24.7. The Morgan fingerprint density at radius 3 is 2.19 bits per heavy atom. The van der Waals surface area contributed by atoms with E-state index in [2.05, 4.69) is 21.2 Å². The zero-order valence-corrected chi connectivity index (χ0v) is 27.1. The molecular weight excluding hydrogens is 634 g/mol.